The molecule has 0 spiro atoms. The van der Waals surface area contributed by atoms with Crippen LogP contribution in [0.3, 0.4) is 0 Å². The van der Waals surface area contributed by atoms with E-state index in [1.807, 2.05) is 0 Å². The smallest absolute Gasteiger partial charge is 0.0316 e. The number of hydrogen-bond acceptors (Lipinski definition) is 2. The van der Waals surface area contributed by atoms with Gasteiger partial charge in [-0.1, -0.05) is 119 Å². The summed E-state index contributed by atoms with van der Waals surface area (Å²) in [6, 6.07) is 31.6. The molecule has 0 saturated carbocycles. The summed E-state index contributed by atoms with van der Waals surface area (Å²) < 4.78 is 0. The fourth-order valence-electron chi connectivity index (χ4n) is 6.51. The Hall–Kier alpha value is -3.52. The fourth-order valence-corrected chi connectivity index (χ4v) is 6.51. The number of unbranched alkanes of at least 4 members (excludes halogenated alkanes) is 8. The van der Waals surface area contributed by atoms with Gasteiger partial charge in [0.25, 0.3) is 0 Å². The molecule has 240 valence electrons. The average Bonchev–Trinajstić information content (AvgIpc) is 3.05. The van der Waals surface area contributed by atoms with E-state index >= 15 is 0 Å². The van der Waals surface area contributed by atoms with E-state index in [1.165, 1.54) is 128 Å². The minimum absolute atomic E-state index is 0.881. The van der Waals surface area contributed by atoms with Gasteiger partial charge in [0.2, 0.25) is 0 Å². The van der Waals surface area contributed by atoms with Gasteiger partial charge in [0.15, 0.2) is 0 Å². The number of nitrogen functional groups attached to an aromatic ring is 2. The first-order valence-electron chi connectivity index (χ1n) is 17.9. The fraction of sp³-hybridized carbons (Fsp3) is 0.442. The molecule has 0 aromatic heterocycles. The van der Waals surface area contributed by atoms with Gasteiger partial charge in [-0.25, -0.2) is 0 Å². The molecule has 4 rings (SSSR count). The lowest BCUT2D eigenvalue weighted by Crippen LogP contribution is -1.99. The highest BCUT2D eigenvalue weighted by Crippen LogP contribution is 2.23. The van der Waals surface area contributed by atoms with Crippen LogP contribution in [0.5, 0.6) is 0 Å². The molecule has 45 heavy (non-hydrogen) atoms. The maximum atomic E-state index is 6.10. The van der Waals surface area contributed by atoms with Gasteiger partial charge in [-0.2, -0.15) is 0 Å². The molecule has 0 saturated heterocycles. The zero-order valence-corrected chi connectivity index (χ0v) is 28.3. The molecule has 2 nitrogen and oxygen atoms in total. The van der Waals surface area contributed by atoms with Crippen molar-refractivity contribution < 1.29 is 0 Å². The first kappa shape index (κ1) is 34.4. The van der Waals surface area contributed by atoms with Gasteiger partial charge in [-0.3, -0.25) is 0 Å². The van der Waals surface area contributed by atoms with Crippen LogP contribution in [-0.2, 0) is 38.5 Å². The van der Waals surface area contributed by atoms with Crippen molar-refractivity contribution in [3.05, 3.63) is 129 Å². The number of anilines is 2. The van der Waals surface area contributed by atoms with Crippen molar-refractivity contribution in [2.45, 2.75) is 123 Å². The first-order valence-corrected chi connectivity index (χ1v) is 17.9. The molecule has 0 amide bonds. The van der Waals surface area contributed by atoms with Gasteiger partial charge in [-0.15, -0.1) is 0 Å². The lowest BCUT2D eigenvalue weighted by atomic mass is 9.94. The van der Waals surface area contributed by atoms with Crippen LogP contribution in [0.4, 0.5) is 11.4 Å². The molecule has 0 unspecified atom stereocenters. The number of nitrogens with two attached hydrogens (primary N) is 2. The maximum absolute atomic E-state index is 6.10. The summed E-state index contributed by atoms with van der Waals surface area (Å²) in [5.74, 6) is 0. The number of aryl methyl sites for hydroxylation is 4. The highest BCUT2D eigenvalue weighted by atomic mass is 14.5. The molecule has 0 atom stereocenters. The molecular weight excluding hydrogens is 544 g/mol. The number of benzene rings is 4. The van der Waals surface area contributed by atoms with Crippen molar-refractivity contribution in [3.63, 3.8) is 0 Å². The van der Waals surface area contributed by atoms with E-state index < -0.39 is 0 Å². The van der Waals surface area contributed by atoms with E-state index in [2.05, 4.69) is 98.8 Å². The highest BCUT2D eigenvalue weighted by Gasteiger charge is 2.07. The second kappa shape index (κ2) is 19.1. The average molecular weight is 603 g/mol. The third kappa shape index (κ3) is 12.1. The topological polar surface area (TPSA) is 52.0 Å². The molecule has 0 heterocycles. The summed E-state index contributed by atoms with van der Waals surface area (Å²) >= 11 is 0. The highest BCUT2D eigenvalue weighted by molar-refractivity contribution is 5.47. The Balaban J connectivity index is 1.12. The molecule has 0 bridgehead atoms. The van der Waals surface area contributed by atoms with Gasteiger partial charge in [-0.05, 0) is 133 Å². The Morgan fingerprint density at radius 2 is 0.711 bits per heavy atom. The molecule has 2 heteroatoms. The summed E-state index contributed by atoms with van der Waals surface area (Å²) in [5.41, 5.74) is 25.4. The molecule has 4 N–H and O–H groups in total. The van der Waals surface area contributed by atoms with Crippen molar-refractivity contribution in [1.29, 1.82) is 0 Å². The van der Waals surface area contributed by atoms with E-state index in [-0.39, 0.29) is 0 Å². The van der Waals surface area contributed by atoms with Gasteiger partial charge >= 0.3 is 0 Å². The predicted octanol–water partition coefficient (Wildman–Crippen LogP) is 11.2. The Kier molecular flexibility index (Phi) is 14.6. The quantitative estimate of drug-likeness (QED) is 0.0781. The summed E-state index contributed by atoms with van der Waals surface area (Å²) in [5, 5.41) is 0. The zero-order chi connectivity index (χ0) is 31.7. The second-order valence-corrected chi connectivity index (χ2v) is 13.2. The van der Waals surface area contributed by atoms with Crippen LogP contribution in [0.2, 0.25) is 0 Å². The van der Waals surface area contributed by atoms with E-state index in [1.54, 1.807) is 0 Å². The molecule has 4 aromatic rings. The standard InChI is InChI=1S/C43H58N2/c1-3-5-10-16-38-32-42(44)28-26-40(38)30-36-22-18-34(19-23-36)14-12-8-7-9-13-15-35-20-24-37(25-21-35)31-41-27-29-43(45)33-39(41)17-11-6-4-2/h18-29,32-33H,3-17,30-31,44-45H2,1-2H3. The SMILES string of the molecule is CCCCCc1cc(N)ccc1Cc1ccc(CCCCCCCc2ccc(Cc3ccc(N)cc3CCCCC)cc2)cc1. The maximum Gasteiger partial charge on any atom is 0.0316 e. The lowest BCUT2D eigenvalue weighted by Gasteiger charge is -2.12. The molecule has 4 aromatic carbocycles. The van der Waals surface area contributed by atoms with Crippen molar-refractivity contribution >= 4 is 11.4 Å². The van der Waals surface area contributed by atoms with Crippen LogP contribution in [0.25, 0.3) is 0 Å². The van der Waals surface area contributed by atoms with E-state index in [0.29, 0.717) is 0 Å². The molecule has 0 aliphatic carbocycles. The van der Waals surface area contributed by atoms with Crippen LogP contribution < -0.4 is 11.5 Å². The van der Waals surface area contributed by atoms with Gasteiger partial charge in [0.05, 0.1) is 0 Å². The van der Waals surface area contributed by atoms with Crippen LogP contribution >= 0.6 is 0 Å². The zero-order valence-electron chi connectivity index (χ0n) is 28.3. The van der Waals surface area contributed by atoms with Gasteiger partial charge in [0.1, 0.15) is 0 Å². The van der Waals surface area contributed by atoms with E-state index in [0.717, 1.165) is 37.1 Å². The normalized spacial score (nSPS) is 11.2. The summed E-state index contributed by atoms with van der Waals surface area (Å²) in [6.07, 6.45) is 20.7. The largest absolute Gasteiger partial charge is 0.399 e. The van der Waals surface area contributed by atoms with E-state index in [9.17, 15) is 0 Å². The van der Waals surface area contributed by atoms with Crippen LogP contribution in [0, 0.1) is 0 Å². The monoisotopic (exact) mass is 602 g/mol. The van der Waals surface area contributed by atoms with Crippen LogP contribution in [-0.4, -0.2) is 0 Å². The van der Waals surface area contributed by atoms with Crippen molar-refractivity contribution in [2.75, 3.05) is 11.5 Å². The third-order valence-corrected chi connectivity index (χ3v) is 9.33. The predicted molar refractivity (Wildman–Crippen MR) is 197 cm³/mol. The molecule has 0 aliphatic heterocycles. The second-order valence-electron chi connectivity index (χ2n) is 13.2. The Morgan fingerprint density at radius 1 is 0.356 bits per heavy atom. The van der Waals surface area contributed by atoms with E-state index in [4.69, 9.17) is 11.5 Å². The Morgan fingerprint density at radius 3 is 1.11 bits per heavy atom. The number of hydrogen-bond donors (Lipinski definition) is 2. The van der Waals surface area contributed by atoms with Crippen molar-refractivity contribution in [3.8, 4) is 0 Å². The summed E-state index contributed by atoms with van der Waals surface area (Å²) in [6.45, 7) is 4.52. The van der Waals surface area contributed by atoms with Gasteiger partial charge < -0.3 is 11.5 Å². The number of rotatable bonds is 20. The van der Waals surface area contributed by atoms with Crippen molar-refractivity contribution in [2.24, 2.45) is 0 Å². The van der Waals surface area contributed by atoms with Crippen LogP contribution in [0.1, 0.15) is 129 Å². The minimum Gasteiger partial charge on any atom is -0.399 e. The summed E-state index contributed by atoms with van der Waals surface area (Å²) in [7, 11) is 0. The molecule has 0 radical (unpaired) electrons. The third-order valence-electron chi connectivity index (χ3n) is 9.33. The Labute approximate surface area is 274 Å². The van der Waals surface area contributed by atoms with Gasteiger partial charge in [0, 0.05) is 11.4 Å². The lowest BCUT2D eigenvalue weighted by molar-refractivity contribution is 0.613. The van der Waals surface area contributed by atoms with Crippen LogP contribution in [0.15, 0.2) is 84.9 Å². The Bertz CT molecular complexity index is 1290. The molecule has 0 aliphatic rings. The first-order chi connectivity index (χ1) is 22.0. The summed E-state index contributed by atoms with van der Waals surface area (Å²) in [4.78, 5) is 0. The van der Waals surface area contributed by atoms with Crippen molar-refractivity contribution in [1.82, 2.24) is 0 Å². The molecular formula is C43H58N2. The minimum atomic E-state index is 0.881. The molecule has 0 fully saturated rings.